The number of hydrogen-bond acceptors (Lipinski definition) is 4. The van der Waals surface area contributed by atoms with Crippen LogP contribution in [0.4, 0.5) is 0 Å². The number of nitrogens with zero attached hydrogens (tertiary/aromatic N) is 1. The SMILES string of the molecule is CC(C)(C)NC(=O)COc1ccc(/C(N)=N/O)cc1. The maximum absolute atomic E-state index is 11.5. The van der Waals surface area contributed by atoms with Crippen LogP contribution in [0.5, 0.6) is 5.75 Å². The normalized spacial score (nSPS) is 12.1. The molecule has 4 N–H and O–H groups in total. The number of hydrogen-bond donors (Lipinski definition) is 3. The highest BCUT2D eigenvalue weighted by molar-refractivity contribution is 5.97. The van der Waals surface area contributed by atoms with Crippen molar-refractivity contribution < 1.29 is 14.7 Å². The van der Waals surface area contributed by atoms with Crippen LogP contribution in [0.3, 0.4) is 0 Å². The monoisotopic (exact) mass is 265 g/mol. The number of nitrogens with one attached hydrogen (secondary N) is 1. The van der Waals surface area contributed by atoms with E-state index in [4.69, 9.17) is 15.7 Å². The number of amides is 1. The van der Waals surface area contributed by atoms with Gasteiger partial charge in [-0.3, -0.25) is 4.79 Å². The smallest absolute Gasteiger partial charge is 0.258 e. The fourth-order valence-electron chi connectivity index (χ4n) is 1.38. The van der Waals surface area contributed by atoms with Gasteiger partial charge >= 0.3 is 0 Å². The van der Waals surface area contributed by atoms with Gasteiger partial charge in [0.1, 0.15) is 5.75 Å². The second-order valence-electron chi connectivity index (χ2n) is 5.10. The summed E-state index contributed by atoms with van der Waals surface area (Å²) < 4.78 is 5.33. The first-order valence-electron chi connectivity index (χ1n) is 5.83. The molecular formula is C13H19N3O3. The maximum atomic E-state index is 11.5. The van der Waals surface area contributed by atoms with Gasteiger partial charge in [0, 0.05) is 11.1 Å². The highest BCUT2D eigenvalue weighted by atomic mass is 16.5. The van der Waals surface area contributed by atoms with Gasteiger partial charge in [0.25, 0.3) is 5.91 Å². The van der Waals surface area contributed by atoms with E-state index in [0.717, 1.165) is 0 Å². The summed E-state index contributed by atoms with van der Waals surface area (Å²) in [6.45, 7) is 5.64. The highest BCUT2D eigenvalue weighted by Gasteiger charge is 2.13. The molecule has 1 amide bonds. The lowest BCUT2D eigenvalue weighted by Crippen LogP contribution is -2.43. The van der Waals surface area contributed by atoms with E-state index in [1.807, 2.05) is 20.8 Å². The Hall–Kier alpha value is -2.24. The minimum Gasteiger partial charge on any atom is -0.484 e. The molecule has 0 fully saturated rings. The number of carbonyl (C=O) groups excluding carboxylic acids is 1. The lowest BCUT2D eigenvalue weighted by atomic mass is 10.1. The van der Waals surface area contributed by atoms with Crippen LogP contribution >= 0.6 is 0 Å². The molecule has 0 aliphatic carbocycles. The largest absolute Gasteiger partial charge is 0.484 e. The van der Waals surface area contributed by atoms with Gasteiger partial charge < -0.3 is 21.0 Å². The number of rotatable bonds is 4. The van der Waals surface area contributed by atoms with Crippen molar-refractivity contribution in [3.05, 3.63) is 29.8 Å². The Morgan fingerprint density at radius 2 is 1.95 bits per heavy atom. The molecule has 0 bridgehead atoms. The van der Waals surface area contributed by atoms with Crippen LogP contribution in [0, 0.1) is 0 Å². The molecule has 0 spiro atoms. The van der Waals surface area contributed by atoms with Crippen molar-refractivity contribution in [2.24, 2.45) is 10.9 Å². The van der Waals surface area contributed by atoms with Crippen LogP contribution in [-0.4, -0.2) is 29.1 Å². The van der Waals surface area contributed by atoms with Gasteiger partial charge in [0.05, 0.1) is 0 Å². The van der Waals surface area contributed by atoms with E-state index < -0.39 is 0 Å². The molecule has 6 nitrogen and oxygen atoms in total. The molecular weight excluding hydrogens is 246 g/mol. The zero-order valence-corrected chi connectivity index (χ0v) is 11.3. The van der Waals surface area contributed by atoms with Crippen molar-refractivity contribution in [2.45, 2.75) is 26.3 Å². The summed E-state index contributed by atoms with van der Waals surface area (Å²) >= 11 is 0. The van der Waals surface area contributed by atoms with E-state index in [1.54, 1.807) is 24.3 Å². The van der Waals surface area contributed by atoms with Gasteiger partial charge in [-0.05, 0) is 45.0 Å². The van der Waals surface area contributed by atoms with Crippen molar-refractivity contribution in [3.63, 3.8) is 0 Å². The molecule has 0 saturated carbocycles. The molecule has 0 radical (unpaired) electrons. The maximum Gasteiger partial charge on any atom is 0.258 e. The van der Waals surface area contributed by atoms with Gasteiger partial charge in [-0.15, -0.1) is 0 Å². The fraction of sp³-hybridized carbons (Fsp3) is 0.385. The number of ether oxygens (including phenoxy) is 1. The minimum atomic E-state index is -0.281. The van der Waals surface area contributed by atoms with Crippen molar-refractivity contribution in [3.8, 4) is 5.75 Å². The Morgan fingerprint density at radius 3 is 2.42 bits per heavy atom. The standard InChI is InChI=1S/C13H19N3O3/c1-13(2,3)15-11(17)8-19-10-6-4-9(5-7-10)12(14)16-18/h4-7,18H,8H2,1-3H3,(H2,14,16)(H,15,17). The summed E-state index contributed by atoms with van der Waals surface area (Å²) in [5, 5.41) is 14.2. The van der Waals surface area contributed by atoms with E-state index >= 15 is 0 Å². The first kappa shape index (κ1) is 14.8. The van der Waals surface area contributed by atoms with Crippen molar-refractivity contribution in [2.75, 3.05) is 6.61 Å². The van der Waals surface area contributed by atoms with E-state index in [9.17, 15) is 4.79 Å². The third-order valence-electron chi connectivity index (χ3n) is 2.14. The molecule has 0 aliphatic heterocycles. The third kappa shape index (κ3) is 5.29. The lowest BCUT2D eigenvalue weighted by molar-refractivity contribution is -0.124. The average Bonchev–Trinajstić information content (AvgIpc) is 2.34. The summed E-state index contributed by atoms with van der Waals surface area (Å²) in [7, 11) is 0. The Bertz CT molecular complexity index is 461. The molecule has 1 aromatic rings. The molecule has 1 aromatic carbocycles. The molecule has 6 heteroatoms. The van der Waals surface area contributed by atoms with Crippen molar-refractivity contribution in [1.82, 2.24) is 5.32 Å². The molecule has 0 unspecified atom stereocenters. The Kier molecular flexibility index (Phi) is 4.74. The Labute approximate surface area is 112 Å². The van der Waals surface area contributed by atoms with Crippen LogP contribution in [0.1, 0.15) is 26.3 Å². The molecule has 0 heterocycles. The Balaban J connectivity index is 2.53. The van der Waals surface area contributed by atoms with Crippen LogP contribution in [0.2, 0.25) is 0 Å². The summed E-state index contributed by atoms with van der Waals surface area (Å²) in [6.07, 6.45) is 0. The molecule has 0 atom stereocenters. The van der Waals surface area contributed by atoms with Gasteiger partial charge in [-0.2, -0.15) is 0 Å². The predicted molar refractivity (Wildman–Crippen MR) is 72.3 cm³/mol. The molecule has 19 heavy (non-hydrogen) atoms. The van der Waals surface area contributed by atoms with E-state index in [0.29, 0.717) is 11.3 Å². The zero-order valence-electron chi connectivity index (χ0n) is 11.3. The predicted octanol–water partition coefficient (Wildman–Crippen LogP) is 1.07. The van der Waals surface area contributed by atoms with Crippen LogP contribution in [-0.2, 0) is 4.79 Å². The summed E-state index contributed by atoms with van der Waals surface area (Å²) in [4.78, 5) is 11.5. The molecule has 0 aliphatic rings. The number of oxime groups is 1. The van der Waals surface area contributed by atoms with E-state index in [1.165, 1.54) is 0 Å². The van der Waals surface area contributed by atoms with E-state index in [2.05, 4.69) is 10.5 Å². The second kappa shape index (κ2) is 6.08. The van der Waals surface area contributed by atoms with Crippen LogP contribution < -0.4 is 15.8 Å². The number of carbonyl (C=O) groups is 1. The van der Waals surface area contributed by atoms with E-state index in [-0.39, 0.29) is 23.9 Å². The topological polar surface area (TPSA) is 96.9 Å². The average molecular weight is 265 g/mol. The molecule has 0 aromatic heterocycles. The van der Waals surface area contributed by atoms with Gasteiger partial charge in [0.2, 0.25) is 0 Å². The van der Waals surface area contributed by atoms with Crippen molar-refractivity contribution >= 4 is 11.7 Å². The quantitative estimate of drug-likeness (QED) is 0.328. The highest BCUT2D eigenvalue weighted by Crippen LogP contribution is 2.12. The second-order valence-corrected chi connectivity index (χ2v) is 5.10. The Morgan fingerprint density at radius 1 is 1.37 bits per heavy atom. The summed E-state index contributed by atoms with van der Waals surface area (Å²) in [5.41, 5.74) is 5.73. The molecule has 0 saturated heterocycles. The molecule has 1 rings (SSSR count). The van der Waals surface area contributed by atoms with Crippen LogP contribution in [0.25, 0.3) is 0 Å². The minimum absolute atomic E-state index is 0.0250. The summed E-state index contributed by atoms with van der Waals surface area (Å²) in [5.74, 6) is 0.378. The zero-order chi connectivity index (χ0) is 14.5. The summed E-state index contributed by atoms with van der Waals surface area (Å²) in [6, 6.07) is 6.59. The fourth-order valence-corrected chi connectivity index (χ4v) is 1.38. The van der Waals surface area contributed by atoms with Crippen LogP contribution in [0.15, 0.2) is 29.4 Å². The van der Waals surface area contributed by atoms with Gasteiger partial charge in [0.15, 0.2) is 12.4 Å². The first-order valence-corrected chi connectivity index (χ1v) is 5.83. The van der Waals surface area contributed by atoms with Crippen molar-refractivity contribution in [1.29, 1.82) is 0 Å². The number of benzene rings is 1. The molecule has 104 valence electrons. The van der Waals surface area contributed by atoms with Gasteiger partial charge in [-0.25, -0.2) is 0 Å². The lowest BCUT2D eigenvalue weighted by Gasteiger charge is -2.20. The number of nitrogens with two attached hydrogens (primary N) is 1. The third-order valence-corrected chi connectivity index (χ3v) is 2.14. The van der Waals surface area contributed by atoms with Gasteiger partial charge in [-0.1, -0.05) is 5.16 Å². The number of amidine groups is 1. The first-order chi connectivity index (χ1) is 8.81.